The van der Waals surface area contributed by atoms with Gasteiger partial charge < -0.3 is 15.4 Å². The van der Waals surface area contributed by atoms with E-state index in [0.29, 0.717) is 29.0 Å². The van der Waals surface area contributed by atoms with Crippen LogP contribution in [0.15, 0.2) is 12.1 Å². The van der Waals surface area contributed by atoms with Crippen LogP contribution in [0.5, 0.6) is 5.75 Å². The molecule has 21 heavy (non-hydrogen) atoms. The molecule has 120 valence electrons. The van der Waals surface area contributed by atoms with Crippen LogP contribution in [-0.2, 0) is 0 Å². The highest BCUT2D eigenvalue weighted by Gasteiger charge is 2.16. The minimum Gasteiger partial charge on any atom is -0.495 e. The van der Waals surface area contributed by atoms with Crippen molar-refractivity contribution in [2.75, 3.05) is 30.8 Å². The summed E-state index contributed by atoms with van der Waals surface area (Å²) in [5.74, 6) is 1.43. The summed E-state index contributed by atoms with van der Waals surface area (Å²) in [6, 6.07) is 3.07. The second-order valence-electron chi connectivity index (χ2n) is 6.40. The van der Waals surface area contributed by atoms with Crippen LogP contribution < -0.4 is 15.4 Å². The molecule has 0 bridgehead atoms. The number of methoxy groups -OCH3 is 1. The van der Waals surface area contributed by atoms with Gasteiger partial charge in [-0.2, -0.15) is 0 Å². The molecule has 0 amide bonds. The van der Waals surface area contributed by atoms with Crippen molar-refractivity contribution in [3.05, 3.63) is 17.9 Å². The van der Waals surface area contributed by atoms with Gasteiger partial charge in [-0.25, -0.2) is 4.39 Å². The zero-order chi connectivity index (χ0) is 16.0. The molecule has 3 nitrogen and oxygen atoms in total. The standard InChI is InChI=1S/C17H29FN2O/c1-12(2)6-8-20(9-7-13(3)4)16-11-17(21-5)15(19)10-14(16)18/h10-13H,6-9,19H2,1-5H3. The maximum Gasteiger partial charge on any atom is 0.148 e. The number of hydrogen-bond acceptors (Lipinski definition) is 3. The minimum absolute atomic E-state index is 0.277. The summed E-state index contributed by atoms with van der Waals surface area (Å²) in [6.07, 6.45) is 2.06. The first-order valence-corrected chi connectivity index (χ1v) is 7.73. The summed E-state index contributed by atoms with van der Waals surface area (Å²) in [4.78, 5) is 2.11. The number of anilines is 2. The van der Waals surface area contributed by atoms with Gasteiger partial charge >= 0.3 is 0 Å². The van der Waals surface area contributed by atoms with E-state index in [1.165, 1.54) is 6.07 Å². The van der Waals surface area contributed by atoms with Gasteiger partial charge in [0.25, 0.3) is 0 Å². The van der Waals surface area contributed by atoms with Crippen molar-refractivity contribution in [3.63, 3.8) is 0 Å². The van der Waals surface area contributed by atoms with Crippen LogP contribution in [0, 0.1) is 17.7 Å². The number of nitrogens with zero attached hydrogens (tertiary/aromatic N) is 1. The van der Waals surface area contributed by atoms with E-state index >= 15 is 0 Å². The summed E-state index contributed by atoms with van der Waals surface area (Å²) < 4.78 is 19.5. The normalized spacial score (nSPS) is 11.2. The Kier molecular flexibility index (Phi) is 6.79. The van der Waals surface area contributed by atoms with Crippen molar-refractivity contribution in [1.29, 1.82) is 0 Å². The molecule has 0 heterocycles. The van der Waals surface area contributed by atoms with Gasteiger partial charge in [0.05, 0.1) is 18.5 Å². The van der Waals surface area contributed by atoms with E-state index in [9.17, 15) is 4.39 Å². The third kappa shape index (κ3) is 5.44. The van der Waals surface area contributed by atoms with Crippen molar-refractivity contribution in [3.8, 4) is 5.75 Å². The zero-order valence-electron chi connectivity index (χ0n) is 13.9. The number of halogens is 1. The average molecular weight is 296 g/mol. The third-order valence-corrected chi connectivity index (χ3v) is 3.59. The largest absolute Gasteiger partial charge is 0.495 e. The van der Waals surface area contributed by atoms with Gasteiger partial charge in [0.2, 0.25) is 0 Å². The summed E-state index contributed by atoms with van der Waals surface area (Å²) in [6.45, 7) is 10.4. The molecule has 0 saturated heterocycles. The Bertz CT molecular complexity index is 435. The molecule has 0 aliphatic heterocycles. The Morgan fingerprint density at radius 3 is 2.05 bits per heavy atom. The molecule has 4 heteroatoms. The summed E-state index contributed by atoms with van der Waals surface area (Å²) in [5.41, 5.74) is 6.69. The highest BCUT2D eigenvalue weighted by Crippen LogP contribution is 2.31. The van der Waals surface area contributed by atoms with E-state index in [1.807, 2.05) is 0 Å². The smallest absolute Gasteiger partial charge is 0.148 e. The van der Waals surface area contributed by atoms with Crippen molar-refractivity contribution in [2.45, 2.75) is 40.5 Å². The van der Waals surface area contributed by atoms with E-state index in [2.05, 4.69) is 32.6 Å². The van der Waals surface area contributed by atoms with Crippen LogP contribution in [0.1, 0.15) is 40.5 Å². The maximum absolute atomic E-state index is 14.3. The lowest BCUT2D eigenvalue weighted by Crippen LogP contribution is -2.28. The Hall–Kier alpha value is -1.45. The Labute approximate surface area is 128 Å². The van der Waals surface area contributed by atoms with E-state index in [4.69, 9.17) is 10.5 Å². The molecule has 0 spiro atoms. The molecule has 0 fully saturated rings. The predicted octanol–water partition coefficient (Wildman–Crippen LogP) is 4.32. The molecule has 0 radical (unpaired) electrons. The van der Waals surface area contributed by atoms with Crippen LogP contribution in [-0.4, -0.2) is 20.2 Å². The Morgan fingerprint density at radius 1 is 1.10 bits per heavy atom. The molecule has 0 aromatic heterocycles. The SMILES string of the molecule is COc1cc(N(CCC(C)C)CCC(C)C)c(F)cc1N. The second-order valence-corrected chi connectivity index (χ2v) is 6.40. The highest BCUT2D eigenvalue weighted by atomic mass is 19.1. The number of ether oxygens (including phenoxy) is 1. The molecule has 2 N–H and O–H groups in total. The number of nitrogens with two attached hydrogens (primary N) is 1. The monoisotopic (exact) mass is 296 g/mol. The van der Waals surface area contributed by atoms with Crippen molar-refractivity contribution < 1.29 is 9.13 Å². The van der Waals surface area contributed by atoms with Gasteiger partial charge in [-0.1, -0.05) is 27.7 Å². The van der Waals surface area contributed by atoms with Crippen LogP contribution in [0.25, 0.3) is 0 Å². The number of nitrogen functional groups attached to an aromatic ring is 1. The molecule has 0 unspecified atom stereocenters. The third-order valence-electron chi connectivity index (χ3n) is 3.59. The maximum atomic E-state index is 14.3. The lowest BCUT2D eigenvalue weighted by Gasteiger charge is -2.27. The fraction of sp³-hybridized carbons (Fsp3) is 0.647. The Balaban J connectivity index is 2.99. The van der Waals surface area contributed by atoms with Crippen LogP contribution in [0.2, 0.25) is 0 Å². The summed E-state index contributed by atoms with van der Waals surface area (Å²) in [5, 5.41) is 0. The molecular formula is C17H29FN2O. The first kappa shape index (κ1) is 17.6. The molecule has 0 atom stereocenters. The van der Waals surface area contributed by atoms with E-state index in [0.717, 1.165) is 25.9 Å². The Morgan fingerprint density at radius 2 is 1.62 bits per heavy atom. The molecule has 1 aromatic rings. The quantitative estimate of drug-likeness (QED) is 0.726. The van der Waals surface area contributed by atoms with Gasteiger partial charge in [-0.3, -0.25) is 0 Å². The highest BCUT2D eigenvalue weighted by molar-refractivity contribution is 5.63. The minimum atomic E-state index is -0.277. The van der Waals surface area contributed by atoms with Crippen LogP contribution in [0.4, 0.5) is 15.8 Å². The van der Waals surface area contributed by atoms with Gasteiger partial charge in [0.15, 0.2) is 0 Å². The van der Waals surface area contributed by atoms with Gasteiger partial charge in [0, 0.05) is 25.2 Å². The van der Waals surface area contributed by atoms with Gasteiger partial charge in [-0.05, 0) is 24.7 Å². The van der Waals surface area contributed by atoms with Crippen molar-refractivity contribution in [1.82, 2.24) is 0 Å². The first-order valence-electron chi connectivity index (χ1n) is 7.73. The van der Waals surface area contributed by atoms with Crippen LogP contribution >= 0.6 is 0 Å². The first-order chi connectivity index (χ1) is 9.85. The fourth-order valence-corrected chi connectivity index (χ4v) is 2.16. The molecule has 1 aromatic carbocycles. The fourth-order valence-electron chi connectivity index (χ4n) is 2.16. The zero-order valence-corrected chi connectivity index (χ0v) is 13.9. The van der Waals surface area contributed by atoms with E-state index < -0.39 is 0 Å². The van der Waals surface area contributed by atoms with Gasteiger partial charge in [-0.15, -0.1) is 0 Å². The van der Waals surface area contributed by atoms with E-state index in [-0.39, 0.29) is 5.82 Å². The van der Waals surface area contributed by atoms with Gasteiger partial charge in [0.1, 0.15) is 11.6 Å². The van der Waals surface area contributed by atoms with Crippen molar-refractivity contribution in [2.24, 2.45) is 11.8 Å². The predicted molar refractivity (Wildman–Crippen MR) is 88.5 cm³/mol. The molecule has 0 aliphatic carbocycles. The molecular weight excluding hydrogens is 267 g/mol. The number of hydrogen-bond donors (Lipinski definition) is 1. The molecule has 0 saturated carbocycles. The topological polar surface area (TPSA) is 38.5 Å². The number of rotatable bonds is 8. The number of benzene rings is 1. The van der Waals surface area contributed by atoms with Crippen molar-refractivity contribution >= 4 is 11.4 Å². The second kappa shape index (κ2) is 8.11. The molecule has 1 rings (SSSR count). The van der Waals surface area contributed by atoms with E-state index in [1.54, 1.807) is 13.2 Å². The lowest BCUT2D eigenvalue weighted by atomic mass is 10.1. The molecule has 0 aliphatic rings. The average Bonchev–Trinajstić information content (AvgIpc) is 2.39. The van der Waals surface area contributed by atoms with Crippen LogP contribution in [0.3, 0.4) is 0 Å². The lowest BCUT2D eigenvalue weighted by molar-refractivity contribution is 0.415. The summed E-state index contributed by atoms with van der Waals surface area (Å²) >= 11 is 0. The summed E-state index contributed by atoms with van der Waals surface area (Å²) in [7, 11) is 1.56.